The topological polar surface area (TPSA) is 305 Å². The molecule has 6 unspecified atom stereocenters. The molecular formula is C17H19ClN5O15P3. The van der Waals surface area contributed by atoms with E-state index in [0.717, 1.165) is 17.2 Å². The van der Waals surface area contributed by atoms with Crippen molar-refractivity contribution in [2.24, 2.45) is 0 Å². The average molecular weight is 662 g/mol. The molecule has 4 rings (SSSR count). The van der Waals surface area contributed by atoms with Crippen LogP contribution in [0.4, 0.5) is 5.69 Å². The first-order valence-corrected chi connectivity index (χ1v) is 15.6. The van der Waals surface area contributed by atoms with Crippen molar-refractivity contribution in [3.63, 3.8) is 0 Å². The van der Waals surface area contributed by atoms with Crippen molar-refractivity contribution in [3.05, 3.63) is 51.8 Å². The number of nitrogen functional groups attached to an aromatic ring is 1. The number of hydrogen-bond donors (Lipinski definition) is 7. The monoisotopic (exact) mass is 661 g/mol. The molecule has 1 aliphatic heterocycles. The smallest absolute Gasteiger partial charge is 0.451 e. The number of anilines is 1. The van der Waals surface area contributed by atoms with Crippen molar-refractivity contribution in [2.45, 2.75) is 24.5 Å². The number of esters is 1. The lowest BCUT2D eigenvalue weighted by Gasteiger charge is -2.22. The number of H-pyrrole nitrogens is 1. The zero-order valence-electron chi connectivity index (χ0n) is 19.9. The molecule has 0 spiro atoms. The number of carbonyl (C=O) groups is 1. The van der Waals surface area contributed by atoms with Crippen LogP contribution in [0.5, 0.6) is 0 Å². The largest absolute Gasteiger partial charge is 0.490 e. The highest BCUT2D eigenvalue weighted by atomic mass is 35.5. The number of benzene rings is 1. The summed E-state index contributed by atoms with van der Waals surface area (Å²) in [5, 5.41) is 11.1. The number of phosphoric ester groups is 1. The van der Waals surface area contributed by atoms with Crippen molar-refractivity contribution in [2.75, 3.05) is 12.3 Å². The number of phosphoric acid groups is 3. The van der Waals surface area contributed by atoms with E-state index in [9.17, 15) is 38.2 Å². The molecule has 2 aromatic heterocycles. The Hall–Kier alpha value is -2.54. The van der Waals surface area contributed by atoms with Gasteiger partial charge in [0, 0.05) is 10.7 Å². The quantitative estimate of drug-likeness (QED) is 0.0865. The first kappa shape index (κ1) is 31.4. The molecule has 3 aromatic rings. The van der Waals surface area contributed by atoms with Gasteiger partial charge in [-0.2, -0.15) is 8.62 Å². The maximum atomic E-state index is 13.0. The molecule has 6 atom stereocenters. The maximum absolute atomic E-state index is 13.0. The normalized spacial score (nSPS) is 24.1. The SMILES string of the molecule is Nc1ccc(Cl)cc1C(=O)OC1C(O)C(COP(=O)(O)OP(=O)(O)OP(=O)(O)O)OC1n1cnc2c(=O)[nH]cnc21. The summed E-state index contributed by atoms with van der Waals surface area (Å²) in [6, 6.07) is 3.92. The van der Waals surface area contributed by atoms with Crippen LogP contribution in [0.15, 0.2) is 35.6 Å². The van der Waals surface area contributed by atoms with Crippen molar-refractivity contribution < 1.29 is 65.8 Å². The first-order chi connectivity index (χ1) is 19.0. The molecule has 20 nitrogen and oxygen atoms in total. The molecule has 3 heterocycles. The first-order valence-electron chi connectivity index (χ1n) is 10.7. The number of aliphatic hydroxyl groups is 1. The van der Waals surface area contributed by atoms with Crippen LogP contribution >= 0.6 is 35.1 Å². The summed E-state index contributed by atoms with van der Waals surface area (Å²) in [4.78, 5) is 71.6. The number of nitrogens with two attached hydrogens (primary N) is 1. The second-order valence-electron chi connectivity index (χ2n) is 8.10. The van der Waals surface area contributed by atoms with Gasteiger partial charge in [-0.1, -0.05) is 11.6 Å². The van der Waals surface area contributed by atoms with Crippen LogP contribution in [-0.4, -0.2) is 75.1 Å². The lowest BCUT2D eigenvalue weighted by atomic mass is 10.1. The van der Waals surface area contributed by atoms with Gasteiger partial charge < -0.3 is 44.9 Å². The predicted octanol–water partition coefficient (Wildman–Crippen LogP) is 0.182. The third kappa shape index (κ3) is 7.46. The number of halogens is 1. The molecule has 0 saturated carbocycles. The fourth-order valence-corrected chi connectivity index (χ4v) is 6.82. The number of carbonyl (C=O) groups excluding carboxylic acids is 1. The summed E-state index contributed by atoms with van der Waals surface area (Å²) in [6.45, 7) is -1.09. The highest BCUT2D eigenvalue weighted by molar-refractivity contribution is 7.66. The van der Waals surface area contributed by atoms with E-state index in [2.05, 4.69) is 28.1 Å². The van der Waals surface area contributed by atoms with Crippen LogP contribution in [0, 0.1) is 0 Å². The number of ether oxygens (including phenoxy) is 2. The van der Waals surface area contributed by atoms with E-state index in [1.165, 1.54) is 18.2 Å². The Labute approximate surface area is 232 Å². The Kier molecular flexibility index (Phi) is 8.90. The van der Waals surface area contributed by atoms with E-state index < -0.39 is 66.1 Å². The fourth-order valence-electron chi connectivity index (χ4n) is 3.62. The van der Waals surface area contributed by atoms with Gasteiger partial charge in [-0.05, 0) is 18.2 Å². The van der Waals surface area contributed by atoms with Crippen LogP contribution < -0.4 is 11.3 Å². The van der Waals surface area contributed by atoms with E-state index >= 15 is 0 Å². The molecule has 0 bridgehead atoms. The van der Waals surface area contributed by atoms with Crippen LogP contribution in [0.1, 0.15) is 16.6 Å². The number of rotatable bonds is 10. The number of fused-ring (bicyclic) bond motifs is 1. The lowest BCUT2D eigenvalue weighted by molar-refractivity contribution is -0.0557. The number of imidazole rings is 1. The van der Waals surface area contributed by atoms with Crippen LogP contribution in [-0.2, 0) is 36.3 Å². The van der Waals surface area contributed by atoms with E-state index in [-0.39, 0.29) is 27.4 Å². The maximum Gasteiger partial charge on any atom is 0.490 e. The van der Waals surface area contributed by atoms with E-state index in [0.29, 0.717) is 0 Å². The van der Waals surface area contributed by atoms with Gasteiger partial charge in [-0.3, -0.25) is 13.9 Å². The molecule has 0 radical (unpaired) electrons. The molecular weight excluding hydrogens is 643 g/mol. The number of aliphatic hydroxyl groups excluding tert-OH is 1. The van der Waals surface area contributed by atoms with Gasteiger partial charge >= 0.3 is 29.4 Å². The fraction of sp³-hybridized carbons (Fsp3) is 0.294. The Morgan fingerprint density at radius 2 is 1.85 bits per heavy atom. The highest BCUT2D eigenvalue weighted by Gasteiger charge is 2.50. The summed E-state index contributed by atoms with van der Waals surface area (Å²) in [5.41, 5.74) is 4.71. The van der Waals surface area contributed by atoms with Gasteiger partial charge in [-0.15, -0.1) is 0 Å². The zero-order valence-corrected chi connectivity index (χ0v) is 23.3. The minimum Gasteiger partial charge on any atom is -0.451 e. The third-order valence-corrected chi connectivity index (χ3v) is 9.29. The summed E-state index contributed by atoms with van der Waals surface area (Å²) in [5.74, 6) is -1.08. The molecule has 24 heteroatoms. The van der Waals surface area contributed by atoms with E-state index in [1.807, 2.05) is 0 Å². The minimum absolute atomic E-state index is 0.0326. The Bertz CT molecular complexity index is 1680. The number of aromatic nitrogens is 4. The molecule has 41 heavy (non-hydrogen) atoms. The second-order valence-corrected chi connectivity index (χ2v) is 13.0. The molecule has 1 aliphatic rings. The molecule has 1 aromatic carbocycles. The van der Waals surface area contributed by atoms with Crippen molar-refractivity contribution in [3.8, 4) is 0 Å². The summed E-state index contributed by atoms with van der Waals surface area (Å²) < 4.78 is 58.5. The third-order valence-electron chi connectivity index (χ3n) is 5.25. The van der Waals surface area contributed by atoms with Gasteiger partial charge in [0.15, 0.2) is 23.5 Å². The predicted molar refractivity (Wildman–Crippen MR) is 133 cm³/mol. The summed E-state index contributed by atoms with van der Waals surface area (Å²) >= 11 is 5.93. The average Bonchev–Trinajstić information content (AvgIpc) is 3.39. The lowest BCUT2D eigenvalue weighted by Crippen LogP contribution is -2.37. The van der Waals surface area contributed by atoms with Gasteiger partial charge in [-0.25, -0.2) is 28.5 Å². The van der Waals surface area contributed by atoms with Crippen molar-refractivity contribution >= 4 is 57.9 Å². The number of nitrogens with zero attached hydrogens (tertiary/aromatic N) is 3. The summed E-state index contributed by atoms with van der Waals surface area (Å²) in [6.07, 6.45) is -4.52. The molecule has 1 fully saturated rings. The molecule has 1 saturated heterocycles. The van der Waals surface area contributed by atoms with Crippen LogP contribution in [0.3, 0.4) is 0 Å². The van der Waals surface area contributed by atoms with E-state index in [4.69, 9.17) is 36.6 Å². The number of nitrogens with one attached hydrogen (secondary N) is 1. The Balaban J connectivity index is 1.60. The minimum atomic E-state index is -5.82. The van der Waals surface area contributed by atoms with Crippen molar-refractivity contribution in [1.29, 1.82) is 0 Å². The zero-order chi connectivity index (χ0) is 30.3. The van der Waals surface area contributed by atoms with Gasteiger partial charge in [0.2, 0.25) is 0 Å². The Morgan fingerprint density at radius 1 is 1.15 bits per heavy atom. The van der Waals surface area contributed by atoms with Gasteiger partial charge in [0.05, 0.1) is 24.8 Å². The molecule has 0 aliphatic carbocycles. The Morgan fingerprint density at radius 3 is 2.54 bits per heavy atom. The standard InChI is InChI=1S/C17H19ClN5O15P3/c18-7-1-2-9(19)8(3-7)17(26)36-13-12(24)10(4-34-40(30,31)38-41(32,33)37-39(27,28)29)35-16(13)23-6-22-11-14(23)20-5-21-15(11)25/h1-3,5-6,10,12-13,16,24H,4,19H2,(H,30,31)(H,32,33)(H,20,21,25)(H2,27,28,29). The van der Waals surface area contributed by atoms with E-state index in [1.54, 1.807) is 0 Å². The van der Waals surface area contributed by atoms with Crippen molar-refractivity contribution in [1.82, 2.24) is 19.5 Å². The van der Waals surface area contributed by atoms with Crippen LogP contribution in [0.25, 0.3) is 11.2 Å². The summed E-state index contributed by atoms with van der Waals surface area (Å²) in [7, 11) is -17.1. The number of aromatic amines is 1. The molecule has 224 valence electrons. The van der Waals surface area contributed by atoms with Gasteiger partial charge in [0.1, 0.15) is 12.2 Å². The molecule has 8 N–H and O–H groups in total. The van der Waals surface area contributed by atoms with Gasteiger partial charge in [0.25, 0.3) is 5.56 Å². The number of hydrogen-bond acceptors (Lipinski definition) is 14. The highest BCUT2D eigenvalue weighted by Crippen LogP contribution is 2.66. The molecule has 0 amide bonds. The second kappa shape index (κ2) is 11.6. The van der Waals surface area contributed by atoms with Crippen LogP contribution in [0.2, 0.25) is 5.02 Å².